The number of aliphatic imine (C=N–C) groups is 1. The minimum Gasteiger partial charge on any atom is -0.404 e. The van der Waals surface area contributed by atoms with Gasteiger partial charge in [0.15, 0.2) is 12.0 Å². The molecule has 6 nitrogen and oxygen atoms in total. The smallest absolute Gasteiger partial charge is 0.404 e. The average Bonchev–Trinajstić information content (AvgIpc) is 2.59. The van der Waals surface area contributed by atoms with Crippen molar-refractivity contribution in [2.75, 3.05) is 43.4 Å². The number of allylic oxidation sites excluding steroid dienone is 1. The minimum absolute atomic E-state index is 0.0569. The van der Waals surface area contributed by atoms with Crippen molar-refractivity contribution in [1.82, 2.24) is 10.2 Å². The van der Waals surface area contributed by atoms with Crippen LogP contribution in [0.25, 0.3) is 0 Å². The maximum Gasteiger partial charge on any atom is 0.573 e. The van der Waals surface area contributed by atoms with Gasteiger partial charge in [-0.15, -0.1) is 13.2 Å². The van der Waals surface area contributed by atoms with Gasteiger partial charge in [-0.3, -0.25) is 0 Å². The lowest BCUT2D eigenvalue weighted by atomic mass is 10.2. The number of benzene rings is 1. The molecule has 1 fully saturated rings. The highest BCUT2D eigenvalue weighted by Gasteiger charge is 2.33. The summed E-state index contributed by atoms with van der Waals surface area (Å²) in [4.78, 5) is 8.34. The van der Waals surface area contributed by atoms with Crippen molar-refractivity contribution >= 4 is 39.7 Å². The van der Waals surface area contributed by atoms with Crippen LogP contribution in [0.4, 0.5) is 24.5 Å². The molecule has 1 aromatic carbocycles. The monoisotopic (exact) mass is 423 g/mol. The molecule has 148 valence electrons. The highest BCUT2D eigenvalue weighted by molar-refractivity contribution is 6.76. The molecule has 0 bridgehead atoms. The van der Waals surface area contributed by atoms with Crippen LogP contribution < -0.4 is 20.3 Å². The van der Waals surface area contributed by atoms with Gasteiger partial charge < -0.3 is 25.2 Å². The molecule has 1 saturated heterocycles. The van der Waals surface area contributed by atoms with Crippen molar-refractivity contribution in [3.63, 3.8) is 0 Å². The first-order chi connectivity index (χ1) is 12.7. The molecule has 0 amide bonds. The van der Waals surface area contributed by atoms with E-state index in [1.54, 1.807) is 12.1 Å². The Kier molecular flexibility index (Phi) is 5.92. The largest absolute Gasteiger partial charge is 0.573 e. The van der Waals surface area contributed by atoms with E-state index in [1.807, 2.05) is 7.05 Å². The van der Waals surface area contributed by atoms with Crippen LogP contribution in [-0.4, -0.2) is 55.9 Å². The van der Waals surface area contributed by atoms with Crippen molar-refractivity contribution in [3.05, 3.63) is 29.4 Å². The zero-order valence-corrected chi connectivity index (χ0v) is 15.9. The second-order valence-corrected chi connectivity index (χ2v) is 6.91. The second kappa shape index (κ2) is 8.04. The zero-order chi connectivity index (χ0) is 19.6. The molecule has 0 spiro atoms. The number of alkyl halides is 3. The number of nitrogens with zero attached hydrogens (tertiary/aromatic N) is 3. The van der Waals surface area contributed by atoms with Crippen LogP contribution in [-0.2, 0) is 0 Å². The zero-order valence-electron chi connectivity index (χ0n) is 14.4. The third kappa shape index (κ3) is 5.33. The third-order valence-electron chi connectivity index (χ3n) is 4.16. The van der Waals surface area contributed by atoms with E-state index in [-0.39, 0.29) is 21.6 Å². The molecule has 1 aromatic rings. The number of piperazine rings is 1. The van der Waals surface area contributed by atoms with E-state index < -0.39 is 12.7 Å². The van der Waals surface area contributed by atoms with E-state index in [0.717, 1.165) is 31.9 Å². The van der Waals surface area contributed by atoms with Gasteiger partial charge in [-0.1, -0.05) is 23.2 Å². The maximum atomic E-state index is 12.8. The molecule has 2 aliphatic rings. The van der Waals surface area contributed by atoms with Gasteiger partial charge in [0.2, 0.25) is 0 Å². The first-order valence-corrected chi connectivity index (χ1v) is 8.92. The van der Waals surface area contributed by atoms with Gasteiger partial charge >= 0.3 is 6.36 Å². The van der Waals surface area contributed by atoms with E-state index in [9.17, 15) is 13.2 Å². The van der Waals surface area contributed by atoms with Crippen molar-refractivity contribution in [2.24, 2.45) is 4.99 Å². The van der Waals surface area contributed by atoms with Gasteiger partial charge in [0.1, 0.15) is 5.17 Å². The lowest BCUT2D eigenvalue weighted by molar-refractivity contribution is -0.274. The minimum atomic E-state index is -4.81. The summed E-state index contributed by atoms with van der Waals surface area (Å²) in [5, 5.41) is 5.94. The molecule has 0 aromatic heterocycles. The van der Waals surface area contributed by atoms with Crippen LogP contribution in [0.5, 0.6) is 5.75 Å². The summed E-state index contributed by atoms with van der Waals surface area (Å²) in [6.45, 7) is 3.30. The van der Waals surface area contributed by atoms with E-state index in [1.165, 1.54) is 12.3 Å². The van der Waals surface area contributed by atoms with Crippen LogP contribution in [0, 0.1) is 0 Å². The second-order valence-electron chi connectivity index (χ2n) is 6.14. The van der Waals surface area contributed by atoms with E-state index in [4.69, 9.17) is 23.2 Å². The van der Waals surface area contributed by atoms with Crippen molar-refractivity contribution < 1.29 is 17.9 Å². The number of halogens is 5. The summed E-state index contributed by atoms with van der Waals surface area (Å²) >= 11 is 11.7. The van der Waals surface area contributed by atoms with E-state index >= 15 is 0 Å². The fourth-order valence-corrected chi connectivity index (χ4v) is 3.01. The molecule has 2 aliphatic heterocycles. The Morgan fingerprint density at radius 3 is 2.56 bits per heavy atom. The first kappa shape index (κ1) is 19.9. The lowest BCUT2D eigenvalue weighted by Crippen LogP contribution is -2.44. The SMILES string of the molecule is CN1CCN(c2ccc(OC(F)(F)F)c(NC3N=C(Cl)C(Cl)=CN3)c2)CC1. The summed E-state index contributed by atoms with van der Waals surface area (Å²) in [7, 11) is 2.03. The summed E-state index contributed by atoms with van der Waals surface area (Å²) in [6, 6.07) is 4.51. The number of nitrogens with one attached hydrogen (secondary N) is 2. The van der Waals surface area contributed by atoms with Crippen molar-refractivity contribution in [3.8, 4) is 5.75 Å². The van der Waals surface area contributed by atoms with Gasteiger partial charge in [-0.25, -0.2) is 4.99 Å². The topological polar surface area (TPSA) is 52.1 Å². The Hall–Kier alpha value is -1.84. The van der Waals surface area contributed by atoms with Crippen LogP contribution in [0.1, 0.15) is 0 Å². The quantitative estimate of drug-likeness (QED) is 0.777. The number of likely N-dealkylation sites (N-methyl/N-ethyl adjacent to an activating group) is 1. The van der Waals surface area contributed by atoms with Crippen LogP contribution in [0.3, 0.4) is 0 Å². The first-order valence-electron chi connectivity index (χ1n) is 8.16. The fraction of sp³-hybridized carbons (Fsp3) is 0.438. The molecule has 27 heavy (non-hydrogen) atoms. The molecule has 1 unspecified atom stereocenters. The third-order valence-corrected chi connectivity index (χ3v) is 4.84. The van der Waals surface area contributed by atoms with Gasteiger partial charge in [-0.2, -0.15) is 0 Å². The number of hydrogen-bond acceptors (Lipinski definition) is 6. The molecular weight excluding hydrogens is 406 g/mol. The molecule has 3 rings (SSSR count). The van der Waals surface area contributed by atoms with Crippen molar-refractivity contribution in [1.29, 1.82) is 0 Å². The number of anilines is 2. The van der Waals surface area contributed by atoms with Gasteiger partial charge in [0.05, 0.1) is 10.7 Å². The van der Waals surface area contributed by atoms with Gasteiger partial charge in [0, 0.05) is 38.1 Å². The van der Waals surface area contributed by atoms with E-state index in [2.05, 4.69) is 30.2 Å². The fourth-order valence-electron chi connectivity index (χ4n) is 2.75. The summed E-state index contributed by atoms with van der Waals surface area (Å²) in [6.07, 6.45) is -4.17. The normalized spacial score (nSPS) is 21.3. The molecular formula is C16H18Cl2F3N5O. The van der Waals surface area contributed by atoms with Crippen LogP contribution in [0.2, 0.25) is 0 Å². The van der Waals surface area contributed by atoms with Gasteiger partial charge in [0.25, 0.3) is 0 Å². The Morgan fingerprint density at radius 2 is 1.93 bits per heavy atom. The summed E-state index contributed by atoms with van der Waals surface area (Å²) < 4.78 is 42.4. The highest BCUT2D eigenvalue weighted by atomic mass is 35.5. The lowest BCUT2D eigenvalue weighted by Gasteiger charge is -2.34. The van der Waals surface area contributed by atoms with Crippen LogP contribution in [0.15, 0.2) is 34.4 Å². The Balaban J connectivity index is 1.84. The predicted molar refractivity (Wildman–Crippen MR) is 101 cm³/mol. The number of hydrogen-bond donors (Lipinski definition) is 2. The molecule has 0 saturated carbocycles. The molecule has 0 radical (unpaired) electrons. The van der Waals surface area contributed by atoms with Crippen LogP contribution >= 0.6 is 23.2 Å². The Bertz CT molecular complexity index is 748. The number of rotatable bonds is 4. The van der Waals surface area contributed by atoms with E-state index in [0.29, 0.717) is 0 Å². The predicted octanol–water partition coefficient (Wildman–Crippen LogP) is 3.35. The molecule has 2 N–H and O–H groups in total. The van der Waals surface area contributed by atoms with Gasteiger partial charge in [-0.05, 0) is 25.2 Å². The molecule has 0 aliphatic carbocycles. The summed E-state index contributed by atoms with van der Waals surface area (Å²) in [5.41, 5.74) is 0.931. The average molecular weight is 424 g/mol. The van der Waals surface area contributed by atoms with Crippen molar-refractivity contribution in [2.45, 2.75) is 12.7 Å². The molecule has 1 atom stereocenters. The highest BCUT2D eigenvalue weighted by Crippen LogP contribution is 2.34. The maximum absolute atomic E-state index is 12.8. The summed E-state index contributed by atoms with van der Waals surface area (Å²) in [5.74, 6) is -0.353. The Labute approximate surface area is 164 Å². The molecule has 11 heteroatoms. The Morgan fingerprint density at radius 1 is 1.22 bits per heavy atom. The standard InChI is InChI=1S/C16H18Cl2F3N5O/c1-25-4-6-26(7-5-25)10-2-3-13(27-16(19,20)21)12(8-10)23-15-22-9-11(17)14(18)24-15/h2-3,8-9,15,22-23H,4-7H2,1H3. The number of ether oxygens (including phenoxy) is 1. The molecule has 2 heterocycles.